The van der Waals surface area contributed by atoms with Gasteiger partial charge in [0, 0.05) is 0 Å². The molecule has 0 bridgehead atoms. The number of aromatic nitrogens is 3. The molecular weight excluding hydrogens is 312 g/mol. The molecule has 8 heteroatoms. The number of carboxylic acids is 1. The van der Waals surface area contributed by atoms with E-state index in [2.05, 4.69) is 15.4 Å². The largest absolute Gasteiger partial charge is 0.481 e. The summed E-state index contributed by atoms with van der Waals surface area (Å²) in [4.78, 5) is 38.3. The second-order valence-electron chi connectivity index (χ2n) is 6.17. The molecule has 4 unspecified atom stereocenters. The van der Waals surface area contributed by atoms with E-state index in [0.29, 0.717) is 16.7 Å². The molecule has 8 nitrogen and oxygen atoms in total. The number of nitrogens with zero attached hydrogens (tertiary/aromatic N) is 3. The number of carbonyl (C=O) groups is 3. The number of allylic oxidation sites excluding steroid dienone is 1. The minimum absolute atomic E-state index is 0.192. The minimum atomic E-state index is -1.09. The zero-order valence-electron chi connectivity index (χ0n) is 12.7. The number of aromatic amines is 1. The molecule has 24 heavy (non-hydrogen) atoms. The molecule has 1 aliphatic carbocycles. The van der Waals surface area contributed by atoms with Gasteiger partial charge in [0.15, 0.2) is 0 Å². The lowest BCUT2D eigenvalue weighted by Gasteiger charge is -2.27. The third-order valence-electron chi connectivity index (χ3n) is 4.82. The number of hydrogen-bond acceptors (Lipinski definition) is 5. The Morgan fingerprint density at radius 2 is 1.83 bits per heavy atom. The van der Waals surface area contributed by atoms with Crippen LogP contribution in [0.4, 0.5) is 5.69 Å². The highest BCUT2D eigenvalue weighted by Gasteiger charge is 2.55. The summed E-state index contributed by atoms with van der Waals surface area (Å²) in [6, 6.07) is 4.87. The molecule has 0 saturated carbocycles. The quantitative estimate of drug-likeness (QED) is 0.627. The van der Waals surface area contributed by atoms with Crippen LogP contribution in [0, 0.1) is 23.7 Å². The highest BCUT2D eigenvalue weighted by atomic mass is 16.4. The fourth-order valence-corrected chi connectivity index (χ4v) is 3.64. The maximum absolute atomic E-state index is 12.8. The summed E-state index contributed by atoms with van der Waals surface area (Å²) in [6.07, 6.45) is 3.22. The fourth-order valence-electron chi connectivity index (χ4n) is 3.64. The predicted molar refractivity (Wildman–Crippen MR) is 82.8 cm³/mol. The molecule has 2 aliphatic rings. The van der Waals surface area contributed by atoms with Gasteiger partial charge >= 0.3 is 5.97 Å². The maximum atomic E-state index is 12.8. The first-order valence-electron chi connectivity index (χ1n) is 7.58. The Kier molecular flexibility index (Phi) is 3.02. The number of rotatable bonds is 2. The van der Waals surface area contributed by atoms with E-state index in [1.165, 1.54) is 6.08 Å². The molecule has 4 rings (SSSR count). The van der Waals surface area contributed by atoms with Crippen LogP contribution in [0.1, 0.15) is 6.92 Å². The minimum Gasteiger partial charge on any atom is -0.481 e. The topological polar surface area (TPSA) is 116 Å². The second kappa shape index (κ2) is 4.98. The van der Waals surface area contributed by atoms with Crippen LogP contribution in [0.5, 0.6) is 0 Å². The molecule has 1 aromatic heterocycles. The third-order valence-corrected chi connectivity index (χ3v) is 4.82. The number of aliphatic carboxylic acids is 1. The standard InChI is InChI=1S/C16H14N4O4/c1-7-2-4-9(16(23)24)13-12(7)14(21)20(15(13)22)8-3-5-10-11(6-8)18-19-17-10/h2-7,9,12-13H,1H3,(H,23,24)(H,17,18,19). The maximum Gasteiger partial charge on any atom is 0.311 e. The molecule has 2 amide bonds. The van der Waals surface area contributed by atoms with E-state index < -0.39 is 29.6 Å². The lowest BCUT2D eigenvalue weighted by molar-refractivity contribution is -0.145. The van der Waals surface area contributed by atoms with Gasteiger partial charge in [0.25, 0.3) is 0 Å². The number of imide groups is 1. The molecule has 122 valence electrons. The first-order valence-corrected chi connectivity index (χ1v) is 7.58. The van der Waals surface area contributed by atoms with Crippen LogP contribution in [0.2, 0.25) is 0 Å². The summed E-state index contributed by atoms with van der Waals surface area (Å²) < 4.78 is 0. The number of hydrogen-bond donors (Lipinski definition) is 2. The zero-order chi connectivity index (χ0) is 17.0. The molecule has 2 aromatic rings. The van der Waals surface area contributed by atoms with E-state index >= 15 is 0 Å². The van der Waals surface area contributed by atoms with Crippen molar-refractivity contribution in [3.05, 3.63) is 30.4 Å². The number of carbonyl (C=O) groups excluding carboxylic acids is 2. The van der Waals surface area contributed by atoms with Gasteiger partial charge < -0.3 is 5.11 Å². The molecule has 1 saturated heterocycles. The molecule has 0 radical (unpaired) electrons. The van der Waals surface area contributed by atoms with Gasteiger partial charge in [-0.05, 0) is 24.1 Å². The highest BCUT2D eigenvalue weighted by molar-refractivity contribution is 6.23. The van der Waals surface area contributed by atoms with Gasteiger partial charge in [0.2, 0.25) is 11.8 Å². The van der Waals surface area contributed by atoms with Crippen molar-refractivity contribution in [3.8, 4) is 0 Å². The summed E-state index contributed by atoms with van der Waals surface area (Å²) in [7, 11) is 0. The molecule has 1 fully saturated rings. The fraction of sp³-hybridized carbons (Fsp3) is 0.312. The molecule has 1 aliphatic heterocycles. The molecular formula is C16H14N4O4. The summed E-state index contributed by atoms with van der Waals surface area (Å²) in [5.41, 5.74) is 1.54. The molecule has 1 aromatic carbocycles. The van der Waals surface area contributed by atoms with Gasteiger partial charge in [0.1, 0.15) is 11.0 Å². The van der Waals surface area contributed by atoms with Gasteiger partial charge in [0.05, 0.1) is 23.4 Å². The van der Waals surface area contributed by atoms with Crippen LogP contribution in [0.3, 0.4) is 0 Å². The van der Waals surface area contributed by atoms with Gasteiger partial charge in [-0.15, -0.1) is 0 Å². The van der Waals surface area contributed by atoms with Crippen LogP contribution < -0.4 is 4.90 Å². The van der Waals surface area contributed by atoms with Gasteiger partial charge in [-0.25, -0.2) is 4.90 Å². The van der Waals surface area contributed by atoms with E-state index in [-0.39, 0.29) is 11.8 Å². The van der Waals surface area contributed by atoms with Crippen molar-refractivity contribution in [2.75, 3.05) is 4.90 Å². The molecule has 4 atom stereocenters. The van der Waals surface area contributed by atoms with E-state index in [1.807, 2.05) is 6.92 Å². The average molecular weight is 326 g/mol. The summed E-state index contributed by atoms with van der Waals surface area (Å²) in [6.45, 7) is 1.82. The van der Waals surface area contributed by atoms with E-state index in [1.54, 1.807) is 24.3 Å². The smallest absolute Gasteiger partial charge is 0.311 e. The lowest BCUT2D eigenvalue weighted by Crippen LogP contribution is -2.36. The number of fused-ring (bicyclic) bond motifs is 2. The summed E-state index contributed by atoms with van der Waals surface area (Å²) >= 11 is 0. The van der Waals surface area contributed by atoms with Gasteiger partial charge in [-0.1, -0.05) is 19.1 Å². The highest BCUT2D eigenvalue weighted by Crippen LogP contribution is 2.43. The monoisotopic (exact) mass is 326 g/mol. The Labute approximate surface area is 136 Å². The number of anilines is 1. The zero-order valence-corrected chi connectivity index (χ0v) is 12.7. The van der Waals surface area contributed by atoms with E-state index in [4.69, 9.17) is 0 Å². The predicted octanol–water partition coefficient (Wildman–Crippen LogP) is 0.970. The Morgan fingerprint density at radius 3 is 2.58 bits per heavy atom. The number of nitrogens with one attached hydrogen (secondary N) is 1. The van der Waals surface area contributed by atoms with Gasteiger partial charge in [-0.3, -0.25) is 14.4 Å². The Morgan fingerprint density at radius 1 is 1.12 bits per heavy atom. The molecule has 2 heterocycles. The van der Waals surface area contributed by atoms with Crippen molar-refractivity contribution in [3.63, 3.8) is 0 Å². The lowest BCUT2D eigenvalue weighted by atomic mass is 9.72. The first-order chi connectivity index (χ1) is 11.5. The van der Waals surface area contributed by atoms with Crippen LogP contribution in [-0.2, 0) is 14.4 Å². The van der Waals surface area contributed by atoms with Crippen molar-refractivity contribution >= 4 is 34.5 Å². The van der Waals surface area contributed by atoms with Crippen molar-refractivity contribution < 1.29 is 19.5 Å². The Balaban J connectivity index is 1.79. The number of amides is 2. The Hall–Kier alpha value is -3.03. The second-order valence-corrected chi connectivity index (χ2v) is 6.17. The van der Waals surface area contributed by atoms with E-state index in [0.717, 1.165) is 4.90 Å². The third kappa shape index (κ3) is 1.89. The molecule has 0 spiro atoms. The first kappa shape index (κ1) is 14.6. The van der Waals surface area contributed by atoms with Crippen molar-refractivity contribution in [2.24, 2.45) is 23.7 Å². The SMILES string of the molecule is CC1C=CC(C(=O)O)C2C(=O)N(c3ccc4n[nH]nc4c3)C(=O)C12. The number of benzene rings is 1. The van der Waals surface area contributed by atoms with Gasteiger partial charge in [-0.2, -0.15) is 15.4 Å². The summed E-state index contributed by atoms with van der Waals surface area (Å²) in [5, 5.41) is 19.8. The number of H-pyrrole nitrogens is 1. The normalized spacial score (nSPS) is 29.3. The van der Waals surface area contributed by atoms with E-state index in [9.17, 15) is 19.5 Å². The van der Waals surface area contributed by atoms with Crippen LogP contribution >= 0.6 is 0 Å². The van der Waals surface area contributed by atoms with Crippen LogP contribution in [-0.4, -0.2) is 38.3 Å². The summed E-state index contributed by atoms with van der Waals surface area (Å²) in [5.74, 6) is -4.64. The van der Waals surface area contributed by atoms with Crippen molar-refractivity contribution in [2.45, 2.75) is 6.92 Å². The number of carboxylic acid groups (broad SMARTS) is 1. The Bertz CT molecular complexity index is 902. The van der Waals surface area contributed by atoms with Crippen molar-refractivity contribution in [1.29, 1.82) is 0 Å². The average Bonchev–Trinajstić information content (AvgIpc) is 3.10. The van der Waals surface area contributed by atoms with Crippen molar-refractivity contribution in [1.82, 2.24) is 15.4 Å². The van der Waals surface area contributed by atoms with Crippen LogP contribution in [0.15, 0.2) is 30.4 Å². The molecule has 2 N–H and O–H groups in total. The van der Waals surface area contributed by atoms with Crippen LogP contribution in [0.25, 0.3) is 11.0 Å².